The molecule has 1 atom stereocenters. The zero-order chi connectivity index (χ0) is 16.3. The van der Waals surface area contributed by atoms with Crippen LogP contribution in [0.1, 0.15) is 13.3 Å². The summed E-state index contributed by atoms with van der Waals surface area (Å²) in [6.45, 7) is 2.68. The maximum absolute atomic E-state index is 12.1. The molecule has 1 aromatic rings. The van der Waals surface area contributed by atoms with Crippen molar-refractivity contribution >= 4 is 44.6 Å². The molecule has 1 unspecified atom stereocenters. The Kier molecular flexibility index (Phi) is 5.71. The van der Waals surface area contributed by atoms with Crippen LogP contribution in [0.5, 0.6) is 0 Å². The van der Waals surface area contributed by atoms with E-state index in [1.54, 1.807) is 18.2 Å². The third kappa shape index (κ3) is 4.59. The lowest BCUT2D eigenvalue weighted by molar-refractivity contribution is -0.117. The van der Waals surface area contributed by atoms with E-state index in [2.05, 4.69) is 5.32 Å². The van der Waals surface area contributed by atoms with E-state index in [-0.39, 0.29) is 30.0 Å². The summed E-state index contributed by atoms with van der Waals surface area (Å²) >= 11 is 11.7. The topological polar surface area (TPSA) is 66.5 Å². The van der Waals surface area contributed by atoms with Gasteiger partial charge in [-0.05, 0) is 31.2 Å². The van der Waals surface area contributed by atoms with Gasteiger partial charge in [-0.3, -0.25) is 9.69 Å². The number of likely N-dealkylation sites (N-methyl/N-ethyl adjacent to an activating group) is 1. The molecule has 1 saturated heterocycles. The molecule has 0 bridgehead atoms. The van der Waals surface area contributed by atoms with Gasteiger partial charge in [-0.25, -0.2) is 8.42 Å². The van der Waals surface area contributed by atoms with Crippen molar-refractivity contribution in [3.63, 3.8) is 0 Å². The number of hydrogen-bond donors (Lipinski definition) is 1. The number of hydrogen-bond acceptors (Lipinski definition) is 4. The Hall–Kier alpha value is -0.820. The third-order valence-electron chi connectivity index (χ3n) is 3.68. The van der Waals surface area contributed by atoms with Crippen LogP contribution in [0.4, 0.5) is 5.69 Å². The zero-order valence-electron chi connectivity index (χ0n) is 12.2. The van der Waals surface area contributed by atoms with Crippen LogP contribution in [-0.2, 0) is 14.6 Å². The molecule has 0 saturated carbocycles. The minimum atomic E-state index is -2.96. The van der Waals surface area contributed by atoms with Crippen LogP contribution in [0.2, 0.25) is 10.0 Å². The molecule has 1 fully saturated rings. The molecule has 1 heterocycles. The van der Waals surface area contributed by atoms with Crippen molar-refractivity contribution < 1.29 is 13.2 Å². The predicted octanol–water partition coefficient (Wildman–Crippen LogP) is 2.44. The van der Waals surface area contributed by atoms with Crippen LogP contribution in [0.25, 0.3) is 0 Å². The Morgan fingerprint density at radius 1 is 1.36 bits per heavy atom. The molecule has 1 amide bonds. The average Bonchev–Trinajstić information content (AvgIpc) is 2.80. The number of benzene rings is 1. The fourth-order valence-corrected chi connectivity index (χ4v) is 4.58. The largest absolute Gasteiger partial charge is 0.325 e. The van der Waals surface area contributed by atoms with E-state index in [4.69, 9.17) is 23.2 Å². The van der Waals surface area contributed by atoms with Crippen LogP contribution in [0.3, 0.4) is 0 Å². The molecule has 1 N–H and O–H groups in total. The fraction of sp³-hybridized carbons (Fsp3) is 0.500. The van der Waals surface area contributed by atoms with Crippen LogP contribution in [-0.4, -0.2) is 49.9 Å². The minimum Gasteiger partial charge on any atom is -0.325 e. The van der Waals surface area contributed by atoms with Gasteiger partial charge in [0.2, 0.25) is 5.91 Å². The third-order valence-corrected chi connectivity index (χ3v) is 6.17. The number of anilines is 1. The van der Waals surface area contributed by atoms with Gasteiger partial charge in [-0.1, -0.05) is 30.1 Å². The molecule has 1 aromatic carbocycles. The fourth-order valence-electron chi connectivity index (χ4n) is 2.52. The van der Waals surface area contributed by atoms with Crippen molar-refractivity contribution in [2.75, 3.05) is 29.9 Å². The molecule has 0 radical (unpaired) electrons. The van der Waals surface area contributed by atoms with E-state index in [1.807, 2.05) is 11.8 Å². The van der Waals surface area contributed by atoms with E-state index >= 15 is 0 Å². The van der Waals surface area contributed by atoms with Crippen LogP contribution < -0.4 is 5.32 Å². The Morgan fingerprint density at radius 3 is 2.64 bits per heavy atom. The first kappa shape index (κ1) is 17.5. The quantitative estimate of drug-likeness (QED) is 0.871. The molecule has 122 valence electrons. The number of carbonyl (C=O) groups excluding carboxylic acids is 1. The summed E-state index contributed by atoms with van der Waals surface area (Å²) < 4.78 is 23.1. The van der Waals surface area contributed by atoms with Gasteiger partial charge in [0.25, 0.3) is 0 Å². The first-order chi connectivity index (χ1) is 10.3. The standard InChI is InChI=1S/C14H18Cl2N2O3S/c1-2-18(11-5-6-22(20,21)9-11)8-14(19)17-10-3-4-12(15)13(16)7-10/h3-4,7,11H,2,5-6,8-9H2,1H3,(H,17,19). The van der Waals surface area contributed by atoms with Crippen molar-refractivity contribution in [3.05, 3.63) is 28.2 Å². The predicted molar refractivity (Wildman–Crippen MR) is 89.4 cm³/mol. The van der Waals surface area contributed by atoms with Gasteiger partial charge in [0, 0.05) is 11.7 Å². The van der Waals surface area contributed by atoms with Gasteiger partial charge < -0.3 is 5.32 Å². The Bertz CT molecular complexity index is 664. The zero-order valence-corrected chi connectivity index (χ0v) is 14.5. The molecule has 8 heteroatoms. The van der Waals surface area contributed by atoms with Crippen LogP contribution in [0.15, 0.2) is 18.2 Å². The lowest BCUT2D eigenvalue weighted by Crippen LogP contribution is -2.41. The van der Waals surface area contributed by atoms with Crippen molar-refractivity contribution in [3.8, 4) is 0 Å². The SMILES string of the molecule is CCN(CC(=O)Nc1ccc(Cl)c(Cl)c1)C1CCS(=O)(=O)C1. The highest BCUT2D eigenvalue weighted by molar-refractivity contribution is 7.91. The summed E-state index contributed by atoms with van der Waals surface area (Å²) in [5.41, 5.74) is 0.564. The van der Waals surface area contributed by atoms with Crippen LogP contribution >= 0.6 is 23.2 Å². The first-order valence-corrected chi connectivity index (χ1v) is 9.58. The van der Waals surface area contributed by atoms with Crippen molar-refractivity contribution in [2.24, 2.45) is 0 Å². The van der Waals surface area contributed by atoms with Gasteiger partial charge in [0.05, 0.1) is 28.1 Å². The number of sulfone groups is 1. The van der Waals surface area contributed by atoms with E-state index in [0.29, 0.717) is 28.7 Å². The Balaban J connectivity index is 1.96. The maximum atomic E-state index is 12.1. The number of carbonyl (C=O) groups is 1. The minimum absolute atomic E-state index is 0.0884. The highest BCUT2D eigenvalue weighted by Gasteiger charge is 2.32. The summed E-state index contributed by atoms with van der Waals surface area (Å²) in [7, 11) is -2.96. The average molecular weight is 365 g/mol. The number of nitrogens with one attached hydrogen (secondary N) is 1. The number of nitrogens with zero attached hydrogens (tertiary/aromatic N) is 1. The van der Waals surface area contributed by atoms with Gasteiger partial charge in [0.1, 0.15) is 0 Å². The number of amides is 1. The Labute approximate surface area is 140 Å². The molecular weight excluding hydrogens is 347 g/mol. The van der Waals surface area contributed by atoms with E-state index < -0.39 is 9.84 Å². The maximum Gasteiger partial charge on any atom is 0.238 e. The second-order valence-electron chi connectivity index (χ2n) is 5.30. The van der Waals surface area contributed by atoms with E-state index in [1.165, 1.54) is 0 Å². The molecule has 0 aromatic heterocycles. The molecule has 2 rings (SSSR count). The van der Waals surface area contributed by atoms with Crippen molar-refractivity contribution in [2.45, 2.75) is 19.4 Å². The second kappa shape index (κ2) is 7.17. The summed E-state index contributed by atoms with van der Waals surface area (Å²) in [4.78, 5) is 14.0. The van der Waals surface area contributed by atoms with Crippen LogP contribution in [0, 0.1) is 0 Å². The van der Waals surface area contributed by atoms with Crippen molar-refractivity contribution in [1.82, 2.24) is 4.90 Å². The molecular formula is C14H18Cl2N2O3S. The monoisotopic (exact) mass is 364 g/mol. The van der Waals surface area contributed by atoms with Gasteiger partial charge in [0.15, 0.2) is 9.84 Å². The van der Waals surface area contributed by atoms with E-state index in [0.717, 1.165) is 0 Å². The highest BCUT2D eigenvalue weighted by atomic mass is 35.5. The number of rotatable bonds is 5. The molecule has 1 aliphatic heterocycles. The second-order valence-corrected chi connectivity index (χ2v) is 8.34. The van der Waals surface area contributed by atoms with E-state index in [9.17, 15) is 13.2 Å². The lowest BCUT2D eigenvalue weighted by Gasteiger charge is -2.25. The summed E-state index contributed by atoms with van der Waals surface area (Å²) in [5.74, 6) is 0.119. The normalized spacial score (nSPS) is 20.3. The first-order valence-electron chi connectivity index (χ1n) is 7.00. The summed E-state index contributed by atoms with van der Waals surface area (Å²) in [6.07, 6.45) is 0.580. The molecule has 0 aliphatic carbocycles. The number of halogens is 2. The highest BCUT2D eigenvalue weighted by Crippen LogP contribution is 2.25. The molecule has 22 heavy (non-hydrogen) atoms. The lowest BCUT2D eigenvalue weighted by atomic mass is 10.2. The Morgan fingerprint density at radius 2 is 2.09 bits per heavy atom. The van der Waals surface area contributed by atoms with Gasteiger partial charge >= 0.3 is 0 Å². The molecule has 0 spiro atoms. The smallest absolute Gasteiger partial charge is 0.238 e. The summed E-state index contributed by atoms with van der Waals surface area (Å²) in [5, 5.41) is 3.54. The molecule has 1 aliphatic rings. The summed E-state index contributed by atoms with van der Waals surface area (Å²) in [6, 6.07) is 4.77. The van der Waals surface area contributed by atoms with Gasteiger partial charge in [-0.2, -0.15) is 0 Å². The van der Waals surface area contributed by atoms with Crippen molar-refractivity contribution in [1.29, 1.82) is 0 Å². The van der Waals surface area contributed by atoms with Gasteiger partial charge in [-0.15, -0.1) is 0 Å². The molecule has 5 nitrogen and oxygen atoms in total.